The average molecular weight is 445 g/mol. The van der Waals surface area contributed by atoms with E-state index in [0.29, 0.717) is 23.0 Å². The van der Waals surface area contributed by atoms with Crippen LogP contribution in [0.1, 0.15) is 80.3 Å². The van der Waals surface area contributed by atoms with Crippen molar-refractivity contribution in [2.45, 2.75) is 71.3 Å². The second-order valence-corrected chi connectivity index (χ2v) is 8.82. The molecular weight excluding hydrogens is 408 g/mol. The summed E-state index contributed by atoms with van der Waals surface area (Å²) in [5, 5.41) is 0. The second-order valence-electron chi connectivity index (χ2n) is 8.82. The summed E-state index contributed by atoms with van der Waals surface area (Å²) >= 11 is 0. The van der Waals surface area contributed by atoms with Crippen LogP contribution in [0.25, 0.3) is 0 Å². The van der Waals surface area contributed by atoms with E-state index in [2.05, 4.69) is 45.0 Å². The monoisotopic (exact) mass is 444 g/mol. The normalized spacial score (nSPS) is 12.7. The summed E-state index contributed by atoms with van der Waals surface area (Å²) in [5.74, 6) is 1.15. The molecule has 33 heavy (non-hydrogen) atoms. The number of carbonyl (C=O) groups is 1. The topological polar surface area (TPSA) is 35.5 Å². The number of esters is 1. The first-order valence-corrected chi connectivity index (χ1v) is 12.2. The van der Waals surface area contributed by atoms with Crippen molar-refractivity contribution < 1.29 is 14.3 Å². The fourth-order valence-electron chi connectivity index (χ4n) is 3.98. The molecule has 0 heterocycles. The van der Waals surface area contributed by atoms with Crippen molar-refractivity contribution in [3.05, 3.63) is 95.6 Å². The molecule has 3 aromatic carbocycles. The maximum Gasteiger partial charge on any atom is 0.347 e. The number of para-hydroxylation sites is 1. The molecule has 0 fully saturated rings. The number of hydrogen-bond acceptors (Lipinski definition) is 3. The molecule has 3 aromatic rings. The zero-order chi connectivity index (χ0) is 23.5. The molecule has 2 atom stereocenters. The third-order valence-electron chi connectivity index (χ3n) is 5.94. The molecule has 0 saturated carbocycles. The maximum absolute atomic E-state index is 12.9. The highest BCUT2D eigenvalue weighted by Crippen LogP contribution is 2.25. The van der Waals surface area contributed by atoms with Crippen LogP contribution in [0.4, 0.5) is 0 Å². The van der Waals surface area contributed by atoms with Crippen molar-refractivity contribution >= 4 is 5.97 Å². The van der Waals surface area contributed by atoms with Crippen molar-refractivity contribution in [3.63, 3.8) is 0 Å². The highest BCUT2D eigenvalue weighted by molar-refractivity contribution is 5.94. The SMILES string of the molecule is CCCCCC[C@H](C)Oc1ccccc1C(=O)Oc1ccc(CC(C)c2ccccc2)cc1. The van der Waals surface area contributed by atoms with Gasteiger partial charge in [-0.25, -0.2) is 4.79 Å². The molecule has 0 radical (unpaired) electrons. The summed E-state index contributed by atoms with van der Waals surface area (Å²) in [6, 6.07) is 25.6. The minimum Gasteiger partial charge on any atom is -0.490 e. The van der Waals surface area contributed by atoms with Gasteiger partial charge in [0.05, 0.1) is 6.10 Å². The van der Waals surface area contributed by atoms with Gasteiger partial charge in [0.1, 0.15) is 17.1 Å². The molecule has 0 aliphatic rings. The van der Waals surface area contributed by atoms with Crippen LogP contribution in [0, 0.1) is 0 Å². The highest BCUT2D eigenvalue weighted by atomic mass is 16.5. The Morgan fingerprint density at radius 3 is 2.24 bits per heavy atom. The molecule has 0 spiro atoms. The molecule has 0 aliphatic heterocycles. The Kier molecular flexibility index (Phi) is 9.56. The standard InChI is InChI=1S/C30H36O3/c1-4-5-6-8-13-24(3)32-29-17-12-11-16-28(29)30(31)33-27-20-18-25(19-21-27)22-23(2)26-14-9-7-10-15-26/h7,9-12,14-21,23-24H,4-6,8,13,22H2,1-3H3/t23?,24-/m0/s1. The van der Waals surface area contributed by atoms with Crippen molar-refractivity contribution in [3.8, 4) is 11.5 Å². The van der Waals surface area contributed by atoms with E-state index in [0.717, 1.165) is 19.3 Å². The molecule has 0 aromatic heterocycles. The predicted octanol–water partition coefficient (Wildman–Crippen LogP) is 7.99. The number of carbonyl (C=O) groups excluding carboxylic acids is 1. The lowest BCUT2D eigenvalue weighted by Gasteiger charge is -2.17. The molecule has 3 rings (SSSR count). The number of unbranched alkanes of at least 4 members (excludes halogenated alkanes) is 3. The number of benzene rings is 3. The van der Waals surface area contributed by atoms with Gasteiger partial charge in [-0.2, -0.15) is 0 Å². The molecule has 174 valence electrons. The van der Waals surface area contributed by atoms with Crippen LogP contribution >= 0.6 is 0 Å². The largest absolute Gasteiger partial charge is 0.490 e. The van der Waals surface area contributed by atoms with Gasteiger partial charge in [-0.05, 0) is 67.5 Å². The van der Waals surface area contributed by atoms with Crippen molar-refractivity contribution in [1.29, 1.82) is 0 Å². The molecule has 0 saturated heterocycles. The van der Waals surface area contributed by atoms with Gasteiger partial charge in [0.25, 0.3) is 0 Å². The zero-order valence-electron chi connectivity index (χ0n) is 20.1. The quantitative estimate of drug-likeness (QED) is 0.161. The Bertz CT molecular complexity index is 979. The fraction of sp³-hybridized carbons (Fsp3) is 0.367. The van der Waals surface area contributed by atoms with Crippen LogP contribution in [0.3, 0.4) is 0 Å². The van der Waals surface area contributed by atoms with E-state index in [4.69, 9.17) is 9.47 Å². The molecule has 3 heteroatoms. The number of ether oxygens (including phenoxy) is 2. The Morgan fingerprint density at radius 1 is 0.818 bits per heavy atom. The lowest BCUT2D eigenvalue weighted by Crippen LogP contribution is -2.16. The van der Waals surface area contributed by atoms with E-state index in [1.54, 1.807) is 6.07 Å². The fourth-order valence-corrected chi connectivity index (χ4v) is 3.98. The third kappa shape index (κ3) is 7.78. The second kappa shape index (κ2) is 12.8. The van der Waals surface area contributed by atoms with Crippen molar-refractivity contribution in [1.82, 2.24) is 0 Å². The van der Waals surface area contributed by atoms with Crippen LogP contribution in [0.2, 0.25) is 0 Å². The van der Waals surface area contributed by atoms with Gasteiger partial charge < -0.3 is 9.47 Å². The van der Waals surface area contributed by atoms with Gasteiger partial charge >= 0.3 is 5.97 Å². The lowest BCUT2D eigenvalue weighted by atomic mass is 9.94. The van der Waals surface area contributed by atoms with Gasteiger partial charge in [-0.15, -0.1) is 0 Å². The van der Waals surface area contributed by atoms with E-state index in [1.165, 1.54) is 30.4 Å². The van der Waals surface area contributed by atoms with Crippen LogP contribution in [-0.2, 0) is 6.42 Å². The lowest BCUT2D eigenvalue weighted by molar-refractivity contribution is 0.0727. The zero-order valence-corrected chi connectivity index (χ0v) is 20.1. The Balaban J connectivity index is 1.57. The van der Waals surface area contributed by atoms with Crippen molar-refractivity contribution in [2.75, 3.05) is 0 Å². The van der Waals surface area contributed by atoms with Crippen LogP contribution in [0.5, 0.6) is 11.5 Å². The summed E-state index contributed by atoms with van der Waals surface area (Å²) in [4.78, 5) is 12.9. The minimum absolute atomic E-state index is 0.0571. The van der Waals surface area contributed by atoms with Gasteiger partial charge in [0.15, 0.2) is 0 Å². The van der Waals surface area contributed by atoms with E-state index >= 15 is 0 Å². The van der Waals surface area contributed by atoms with Gasteiger partial charge in [0, 0.05) is 0 Å². The molecule has 0 N–H and O–H groups in total. The van der Waals surface area contributed by atoms with Gasteiger partial charge in [-0.3, -0.25) is 0 Å². The summed E-state index contributed by atoms with van der Waals surface area (Å²) in [7, 11) is 0. The summed E-state index contributed by atoms with van der Waals surface area (Å²) in [5.41, 5.74) is 3.00. The smallest absolute Gasteiger partial charge is 0.347 e. The van der Waals surface area contributed by atoms with Crippen LogP contribution in [0.15, 0.2) is 78.9 Å². The van der Waals surface area contributed by atoms with E-state index < -0.39 is 5.97 Å². The molecule has 0 bridgehead atoms. The van der Waals surface area contributed by atoms with E-state index in [9.17, 15) is 4.79 Å². The summed E-state index contributed by atoms with van der Waals surface area (Å²) < 4.78 is 11.8. The molecule has 1 unspecified atom stereocenters. The Morgan fingerprint density at radius 2 is 1.52 bits per heavy atom. The maximum atomic E-state index is 12.9. The van der Waals surface area contributed by atoms with E-state index in [-0.39, 0.29) is 6.10 Å². The molecule has 3 nitrogen and oxygen atoms in total. The molecular formula is C30H36O3. The molecule has 0 amide bonds. The van der Waals surface area contributed by atoms with Crippen LogP contribution in [-0.4, -0.2) is 12.1 Å². The van der Waals surface area contributed by atoms with Crippen LogP contribution < -0.4 is 9.47 Å². The Hall–Kier alpha value is -3.07. The van der Waals surface area contributed by atoms with Gasteiger partial charge in [0.2, 0.25) is 0 Å². The van der Waals surface area contributed by atoms with Crippen molar-refractivity contribution in [2.24, 2.45) is 0 Å². The molecule has 0 aliphatic carbocycles. The number of rotatable bonds is 12. The average Bonchev–Trinajstić information content (AvgIpc) is 2.84. The first kappa shape index (κ1) is 24.6. The Labute approximate surface area is 198 Å². The third-order valence-corrected chi connectivity index (χ3v) is 5.94. The summed E-state index contributed by atoms with van der Waals surface area (Å²) in [6.45, 7) is 6.49. The minimum atomic E-state index is -0.394. The van der Waals surface area contributed by atoms with E-state index in [1.807, 2.05) is 48.5 Å². The predicted molar refractivity (Wildman–Crippen MR) is 135 cm³/mol. The first-order chi connectivity index (χ1) is 16.1. The summed E-state index contributed by atoms with van der Waals surface area (Å²) in [6.07, 6.45) is 6.79. The highest BCUT2D eigenvalue weighted by Gasteiger charge is 2.17. The number of hydrogen-bond donors (Lipinski definition) is 0. The first-order valence-electron chi connectivity index (χ1n) is 12.2. The van der Waals surface area contributed by atoms with Gasteiger partial charge in [-0.1, -0.05) is 87.7 Å².